The molecule has 0 aliphatic carbocycles. The number of non-ortho nitro benzene ring substituents is 1. The van der Waals surface area contributed by atoms with Crippen molar-refractivity contribution in [2.75, 3.05) is 6.54 Å². The first-order valence-corrected chi connectivity index (χ1v) is 11.4. The number of benzene rings is 2. The highest BCUT2D eigenvalue weighted by Gasteiger charge is 2.46. The Morgan fingerprint density at radius 3 is 2.56 bits per heavy atom. The van der Waals surface area contributed by atoms with E-state index >= 15 is 0 Å². The third kappa shape index (κ3) is 3.90. The van der Waals surface area contributed by atoms with Crippen molar-refractivity contribution < 1.29 is 19.6 Å². The molecule has 1 aliphatic rings. The van der Waals surface area contributed by atoms with E-state index < -0.39 is 22.7 Å². The largest absolute Gasteiger partial charge is 0.505 e. The number of imidazole rings is 1. The van der Waals surface area contributed by atoms with E-state index in [-0.39, 0.29) is 23.6 Å². The normalized spacial score (nSPS) is 17.1. The minimum Gasteiger partial charge on any atom is -0.505 e. The molecule has 36 heavy (non-hydrogen) atoms. The summed E-state index contributed by atoms with van der Waals surface area (Å²) in [7, 11) is 0. The minimum absolute atomic E-state index is 0.123. The molecule has 1 atom stereocenters. The number of aliphatic hydroxyl groups is 1. The number of nitro benzene ring substituents is 1. The summed E-state index contributed by atoms with van der Waals surface area (Å²) in [6.07, 6.45) is 2.17. The zero-order valence-corrected chi connectivity index (χ0v) is 19.4. The molecular weight excluding hydrogens is 460 g/mol. The van der Waals surface area contributed by atoms with Gasteiger partial charge in [-0.1, -0.05) is 48.5 Å². The van der Waals surface area contributed by atoms with Gasteiger partial charge in [0.15, 0.2) is 5.76 Å². The molecule has 2 aromatic heterocycles. The van der Waals surface area contributed by atoms with Crippen LogP contribution in [0.15, 0.2) is 84.6 Å². The van der Waals surface area contributed by atoms with Crippen LogP contribution in [0.5, 0.6) is 0 Å². The summed E-state index contributed by atoms with van der Waals surface area (Å²) in [6.45, 7) is 1.89. The highest BCUT2D eigenvalue weighted by atomic mass is 16.6. The maximum atomic E-state index is 13.3. The Morgan fingerprint density at radius 2 is 1.81 bits per heavy atom. The van der Waals surface area contributed by atoms with Crippen molar-refractivity contribution in [3.8, 4) is 0 Å². The SMILES string of the molecule is Cc1nc2ccccn2c1C(O)=C1C(=O)C(=O)N(CCc2ccccc2)C1c1cccc([N+](=O)[O-])c1. The molecule has 1 amide bonds. The van der Waals surface area contributed by atoms with Crippen molar-refractivity contribution in [2.24, 2.45) is 0 Å². The van der Waals surface area contributed by atoms with Crippen molar-refractivity contribution >= 4 is 28.8 Å². The molecule has 1 fully saturated rings. The summed E-state index contributed by atoms with van der Waals surface area (Å²) in [6, 6.07) is 19.6. The maximum Gasteiger partial charge on any atom is 0.295 e. The van der Waals surface area contributed by atoms with Crippen LogP contribution in [-0.2, 0) is 16.0 Å². The molecule has 3 heterocycles. The van der Waals surface area contributed by atoms with E-state index in [1.54, 1.807) is 41.8 Å². The lowest BCUT2D eigenvalue weighted by Crippen LogP contribution is -2.31. The summed E-state index contributed by atoms with van der Waals surface area (Å²) >= 11 is 0. The lowest BCUT2D eigenvalue weighted by Gasteiger charge is -2.25. The lowest BCUT2D eigenvalue weighted by molar-refractivity contribution is -0.384. The predicted octanol–water partition coefficient (Wildman–Crippen LogP) is 4.22. The number of ketones is 1. The summed E-state index contributed by atoms with van der Waals surface area (Å²) < 4.78 is 1.65. The first kappa shape index (κ1) is 23.0. The highest BCUT2D eigenvalue weighted by Crippen LogP contribution is 2.40. The van der Waals surface area contributed by atoms with E-state index in [9.17, 15) is 24.8 Å². The number of hydrogen-bond donors (Lipinski definition) is 1. The summed E-state index contributed by atoms with van der Waals surface area (Å²) in [5, 5.41) is 22.9. The highest BCUT2D eigenvalue weighted by molar-refractivity contribution is 6.46. The number of aromatic nitrogens is 2. The van der Waals surface area contributed by atoms with E-state index in [1.165, 1.54) is 23.1 Å². The monoisotopic (exact) mass is 482 g/mol. The van der Waals surface area contributed by atoms with E-state index in [4.69, 9.17) is 0 Å². The van der Waals surface area contributed by atoms with Gasteiger partial charge in [0, 0.05) is 24.9 Å². The van der Waals surface area contributed by atoms with Gasteiger partial charge in [-0.25, -0.2) is 4.98 Å². The molecule has 0 spiro atoms. The van der Waals surface area contributed by atoms with Crippen LogP contribution in [-0.4, -0.2) is 42.5 Å². The Balaban J connectivity index is 1.68. The molecule has 1 saturated heterocycles. The van der Waals surface area contributed by atoms with Gasteiger partial charge in [-0.3, -0.25) is 24.1 Å². The fraction of sp³-hybridized carbons (Fsp3) is 0.148. The number of nitrogens with zero attached hydrogens (tertiary/aromatic N) is 4. The Labute approximate surface area is 206 Å². The number of carbonyl (C=O) groups is 2. The molecule has 0 radical (unpaired) electrons. The van der Waals surface area contributed by atoms with Crippen molar-refractivity contribution in [1.29, 1.82) is 0 Å². The van der Waals surface area contributed by atoms with Gasteiger partial charge in [-0.2, -0.15) is 0 Å². The van der Waals surface area contributed by atoms with Gasteiger partial charge in [-0.15, -0.1) is 0 Å². The molecule has 9 heteroatoms. The van der Waals surface area contributed by atoms with Crippen molar-refractivity contribution in [1.82, 2.24) is 14.3 Å². The quantitative estimate of drug-likeness (QED) is 0.145. The number of amides is 1. The number of carbonyl (C=O) groups excluding carboxylic acids is 2. The third-order valence-electron chi connectivity index (χ3n) is 6.35. The average molecular weight is 482 g/mol. The minimum atomic E-state index is -0.998. The molecular formula is C27H22N4O5. The third-order valence-corrected chi connectivity index (χ3v) is 6.35. The van der Waals surface area contributed by atoms with Crippen molar-refractivity contribution in [3.05, 3.63) is 117 Å². The van der Waals surface area contributed by atoms with Gasteiger partial charge >= 0.3 is 0 Å². The molecule has 180 valence electrons. The molecule has 0 bridgehead atoms. The number of aryl methyl sites for hydroxylation is 1. The number of nitro groups is 1. The smallest absolute Gasteiger partial charge is 0.295 e. The van der Waals surface area contributed by atoms with E-state index in [0.29, 0.717) is 29.0 Å². The molecule has 2 aromatic carbocycles. The van der Waals surface area contributed by atoms with Crippen LogP contribution in [0.4, 0.5) is 5.69 Å². The van der Waals surface area contributed by atoms with Crippen LogP contribution in [0, 0.1) is 17.0 Å². The lowest BCUT2D eigenvalue weighted by atomic mass is 9.95. The number of fused-ring (bicyclic) bond motifs is 1. The second-order valence-corrected chi connectivity index (χ2v) is 8.55. The van der Waals surface area contributed by atoms with Crippen LogP contribution >= 0.6 is 0 Å². The molecule has 5 rings (SSSR count). The average Bonchev–Trinajstić information content (AvgIpc) is 3.35. The van der Waals surface area contributed by atoms with Crippen LogP contribution in [0.1, 0.15) is 28.6 Å². The Kier molecular flexibility index (Phi) is 5.81. The van der Waals surface area contributed by atoms with Gasteiger partial charge in [-0.05, 0) is 36.6 Å². The van der Waals surface area contributed by atoms with E-state index in [2.05, 4.69) is 4.98 Å². The van der Waals surface area contributed by atoms with Gasteiger partial charge in [0.1, 0.15) is 11.3 Å². The molecule has 1 aliphatic heterocycles. The molecule has 1 unspecified atom stereocenters. The Hall–Kier alpha value is -4.79. The van der Waals surface area contributed by atoms with Crippen molar-refractivity contribution in [3.63, 3.8) is 0 Å². The standard InChI is InChI=1S/C27H22N4O5/c1-17-23(29-14-6-5-12-21(29)28-17)25(32)22-24(19-10-7-11-20(16-19)31(35)36)30(27(34)26(22)33)15-13-18-8-3-2-4-9-18/h2-12,14,16,24,32H,13,15H2,1H3. The number of aliphatic hydroxyl groups excluding tert-OH is 1. The maximum absolute atomic E-state index is 13.3. The van der Waals surface area contributed by atoms with Gasteiger partial charge < -0.3 is 10.0 Å². The van der Waals surface area contributed by atoms with Gasteiger partial charge in [0.25, 0.3) is 17.4 Å². The molecule has 9 nitrogen and oxygen atoms in total. The second kappa shape index (κ2) is 9.10. The molecule has 1 N–H and O–H groups in total. The fourth-order valence-electron chi connectivity index (χ4n) is 4.69. The Morgan fingerprint density at radius 1 is 1.06 bits per heavy atom. The topological polar surface area (TPSA) is 118 Å². The zero-order chi connectivity index (χ0) is 25.4. The van der Waals surface area contributed by atoms with Crippen molar-refractivity contribution in [2.45, 2.75) is 19.4 Å². The molecule has 4 aromatic rings. The summed E-state index contributed by atoms with van der Waals surface area (Å²) in [4.78, 5) is 43.3. The number of likely N-dealkylation sites (tertiary alicyclic amines) is 1. The first-order chi connectivity index (χ1) is 17.4. The van der Waals surface area contributed by atoms with Crippen LogP contribution in [0.3, 0.4) is 0 Å². The zero-order valence-electron chi connectivity index (χ0n) is 19.4. The summed E-state index contributed by atoms with van der Waals surface area (Å²) in [5.74, 6) is -1.99. The van der Waals surface area contributed by atoms with Gasteiger partial charge in [0.2, 0.25) is 0 Å². The van der Waals surface area contributed by atoms with Crippen LogP contribution < -0.4 is 0 Å². The fourth-order valence-corrected chi connectivity index (χ4v) is 4.69. The number of Topliss-reactive ketones (excluding diaryl/α,β-unsaturated/α-hetero) is 1. The van der Waals surface area contributed by atoms with Gasteiger partial charge in [0.05, 0.1) is 22.2 Å². The number of hydrogen-bond acceptors (Lipinski definition) is 6. The Bertz CT molecular complexity index is 1540. The first-order valence-electron chi connectivity index (χ1n) is 11.4. The van der Waals surface area contributed by atoms with E-state index in [0.717, 1.165) is 5.56 Å². The predicted molar refractivity (Wildman–Crippen MR) is 132 cm³/mol. The van der Waals surface area contributed by atoms with Crippen LogP contribution in [0.25, 0.3) is 11.4 Å². The number of rotatable bonds is 6. The number of pyridine rings is 1. The van der Waals surface area contributed by atoms with Crippen LogP contribution in [0.2, 0.25) is 0 Å². The second-order valence-electron chi connectivity index (χ2n) is 8.55. The van der Waals surface area contributed by atoms with E-state index in [1.807, 2.05) is 30.3 Å². The molecule has 0 saturated carbocycles. The summed E-state index contributed by atoms with van der Waals surface area (Å²) in [5.41, 5.74) is 2.38.